The Labute approximate surface area is 175 Å². The summed E-state index contributed by atoms with van der Waals surface area (Å²) in [6, 6.07) is 11.6. The molecule has 0 radical (unpaired) electrons. The number of aliphatic hydroxyl groups is 3. The van der Waals surface area contributed by atoms with E-state index in [2.05, 4.69) is 0 Å². The zero-order valence-electron chi connectivity index (χ0n) is 16.5. The van der Waals surface area contributed by atoms with Crippen LogP contribution in [0.15, 0.2) is 42.5 Å². The molecule has 0 amide bonds. The second-order valence-electron chi connectivity index (χ2n) is 7.72. The Balaban J connectivity index is 1.87. The van der Waals surface area contributed by atoms with Crippen molar-refractivity contribution in [3.05, 3.63) is 64.2 Å². The van der Waals surface area contributed by atoms with E-state index in [-0.39, 0.29) is 24.9 Å². The van der Waals surface area contributed by atoms with Gasteiger partial charge in [-0.15, -0.1) is 0 Å². The maximum atomic E-state index is 11.2. The SMILES string of the molecule is CC(C)OCC1CC(O)C(O)C(O)(c2ccc(Cl)c(Cc3ccc(O)cc3)c2)O1. The zero-order valence-corrected chi connectivity index (χ0v) is 17.2. The quantitative estimate of drug-likeness (QED) is 0.571. The van der Waals surface area contributed by atoms with E-state index in [4.69, 9.17) is 21.1 Å². The minimum absolute atomic E-state index is 0.0249. The summed E-state index contributed by atoms with van der Waals surface area (Å²) in [7, 11) is 0. The lowest BCUT2D eigenvalue weighted by Gasteiger charge is -2.43. The molecular formula is C22H27ClO6. The van der Waals surface area contributed by atoms with Gasteiger partial charge in [0, 0.05) is 17.0 Å². The molecule has 1 fully saturated rings. The number of phenolic OH excluding ortho intramolecular Hbond substituents is 1. The molecule has 2 aromatic carbocycles. The lowest BCUT2D eigenvalue weighted by molar-refractivity contribution is -0.336. The van der Waals surface area contributed by atoms with Crippen LogP contribution in [0.2, 0.25) is 5.02 Å². The smallest absolute Gasteiger partial charge is 0.222 e. The lowest BCUT2D eigenvalue weighted by atomic mass is 9.88. The highest BCUT2D eigenvalue weighted by molar-refractivity contribution is 6.31. The first-order chi connectivity index (χ1) is 13.7. The molecule has 7 heteroatoms. The summed E-state index contributed by atoms with van der Waals surface area (Å²) in [6.07, 6.45) is -2.66. The van der Waals surface area contributed by atoms with Gasteiger partial charge < -0.3 is 29.9 Å². The standard InChI is InChI=1S/C22H27ClO6/c1-13(2)28-12-18-11-20(25)21(26)22(27,29-18)16-5-8-19(23)15(10-16)9-14-3-6-17(24)7-4-14/h3-8,10,13,18,20-21,24-27H,9,11-12H2,1-2H3. The molecule has 0 bridgehead atoms. The number of hydrogen-bond acceptors (Lipinski definition) is 6. The predicted molar refractivity (Wildman–Crippen MR) is 109 cm³/mol. The minimum Gasteiger partial charge on any atom is -0.508 e. The van der Waals surface area contributed by atoms with Crippen LogP contribution in [0.3, 0.4) is 0 Å². The summed E-state index contributed by atoms with van der Waals surface area (Å²) in [5.74, 6) is -1.91. The molecule has 0 aromatic heterocycles. The molecule has 2 aromatic rings. The second kappa shape index (κ2) is 9.00. The maximum absolute atomic E-state index is 11.2. The van der Waals surface area contributed by atoms with E-state index in [0.29, 0.717) is 22.6 Å². The molecule has 3 rings (SSSR count). The molecule has 4 unspecified atom stereocenters. The van der Waals surface area contributed by atoms with Gasteiger partial charge in [-0.3, -0.25) is 0 Å². The predicted octanol–water partition coefficient (Wildman–Crippen LogP) is 2.72. The Morgan fingerprint density at radius 2 is 1.86 bits per heavy atom. The molecule has 0 spiro atoms. The second-order valence-corrected chi connectivity index (χ2v) is 8.12. The first-order valence-electron chi connectivity index (χ1n) is 9.63. The van der Waals surface area contributed by atoms with E-state index < -0.39 is 24.1 Å². The van der Waals surface area contributed by atoms with Crippen molar-refractivity contribution in [2.75, 3.05) is 6.61 Å². The maximum Gasteiger partial charge on any atom is 0.222 e. The average Bonchev–Trinajstić information content (AvgIpc) is 2.67. The molecule has 1 heterocycles. The molecule has 4 N–H and O–H groups in total. The van der Waals surface area contributed by atoms with Gasteiger partial charge >= 0.3 is 0 Å². The molecule has 4 atom stereocenters. The van der Waals surface area contributed by atoms with Crippen LogP contribution in [0.1, 0.15) is 37.0 Å². The van der Waals surface area contributed by atoms with Crippen molar-refractivity contribution in [3.63, 3.8) is 0 Å². The number of halogens is 1. The van der Waals surface area contributed by atoms with Crippen molar-refractivity contribution in [1.82, 2.24) is 0 Å². The van der Waals surface area contributed by atoms with Gasteiger partial charge in [-0.25, -0.2) is 0 Å². The van der Waals surface area contributed by atoms with Crippen molar-refractivity contribution in [2.24, 2.45) is 0 Å². The summed E-state index contributed by atoms with van der Waals surface area (Å²) >= 11 is 6.34. The fraction of sp³-hybridized carbons (Fsp3) is 0.455. The Bertz CT molecular complexity index is 825. The Kier molecular flexibility index (Phi) is 6.83. The summed E-state index contributed by atoms with van der Waals surface area (Å²) in [5, 5.41) is 41.9. The van der Waals surface area contributed by atoms with Crippen LogP contribution < -0.4 is 0 Å². The highest BCUT2D eigenvalue weighted by atomic mass is 35.5. The van der Waals surface area contributed by atoms with Gasteiger partial charge in [0.1, 0.15) is 11.9 Å². The third-order valence-electron chi connectivity index (χ3n) is 5.02. The number of ether oxygens (including phenoxy) is 2. The highest BCUT2D eigenvalue weighted by Crippen LogP contribution is 2.38. The fourth-order valence-electron chi connectivity index (χ4n) is 3.44. The van der Waals surface area contributed by atoms with E-state index in [1.54, 1.807) is 42.5 Å². The molecule has 0 saturated carbocycles. The van der Waals surface area contributed by atoms with Crippen LogP contribution in [0, 0.1) is 0 Å². The molecular weight excluding hydrogens is 396 g/mol. The number of aliphatic hydroxyl groups excluding tert-OH is 2. The van der Waals surface area contributed by atoms with Crippen molar-refractivity contribution in [1.29, 1.82) is 0 Å². The largest absolute Gasteiger partial charge is 0.508 e. The molecule has 1 aliphatic heterocycles. The van der Waals surface area contributed by atoms with Crippen molar-refractivity contribution >= 4 is 11.6 Å². The van der Waals surface area contributed by atoms with E-state index in [0.717, 1.165) is 5.56 Å². The van der Waals surface area contributed by atoms with Gasteiger partial charge in [-0.05, 0) is 55.7 Å². The van der Waals surface area contributed by atoms with E-state index in [1.165, 1.54) is 0 Å². The van der Waals surface area contributed by atoms with Crippen LogP contribution in [0.4, 0.5) is 0 Å². The van der Waals surface area contributed by atoms with Crippen LogP contribution in [0.25, 0.3) is 0 Å². The van der Waals surface area contributed by atoms with Crippen LogP contribution >= 0.6 is 11.6 Å². The monoisotopic (exact) mass is 422 g/mol. The number of hydrogen-bond donors (Lipinski definition) is 4. The lowest BCUT2D eigenvalue weighted by Crippen LogP contribution is -2.56. The molecule has 158 valence electrons. The van der Waals surface area contributed by atoms with E-state index in [9.17, 15) is 20.4 Å². The normalized spacial score (nSPS) is 27.3. The van der Waals surface area contributed by atoms with E-state index >= 15 is 0 Å². The molecule has 0 aliphatic carbocycles. The molecule has 6 nitrogen and oxygen atoms in total. The van der Waals surface area contributed by atoms with Crippen molar-refractivity contribution in [3.8, 4) is 5.75 Å². The third-order valence-corrected chi connectivity index (χ3v) is 5.39. The van der Waals surface area contributed by atoms with Crippen molar-refractivity contribution in [2.45, 2.75) is 56.9 Å². The number of rotatable bonds is 6. The first-order valence-corrected chi connectivity index (χ1v) is 10.0. The van der Waals surface area contributed by atoms with Gasteiger partial charge in [0.25, 0.3) is 0 Å². The summed E-state index contributed by atoms with van der Waals surface area (Å²) in [6.45, 7) is 3.96. The van der Waals surface area contributed by atoms with E-state index in [1.807, 2.05) is 13.8 Å². The van der Waals surface area contributed by atoms with Crippen LogP contribution in [-0.4, -0.2) is 51.4 Å². The van der Waals surface area contributed by atoms with Crippen LogP contribution in [-0.2, 0) is 21.7 Å². The Morgan fingerprint density at radius 1 is 1.17 bits per heavy atom. The molecule has 29 heavy (non-hydrogen) atoms. The summed E-state index contributed by atoms with van der Waals surface area (Å²) in [4.78, 5) is 0. The van der Waals surface area contributed by atoms with Gasteiger partial charge in [-0.2, -0.15) is 0 Å². The first kappa shape index (κ1) is 22.0. The fourth-order valence-corrected chi connectivity index (χ4v) is 3.62. The van der Waals surface area contributed by atoms with Gasteiger partial charge in [0.15, 0.2) is 0 Å². The van der Waals surface area contributed by atoms with Gasteiger partial charge in [-0.1, -0.05) is 29.8 Å². The Hall–Kier alpha value is -1.67. The summed E-state index contributed by atoms with van der Waals surface area (Å²) in [5.41, 5.74) is 1.94. The zero-order chi connectivity index (χ0) is 21.2. The van der Waals surface area contributed by atoms with Gasteiger partial charge in [0.2, 0.25) is 5.79 Å². The highest BCUT2D eigenvalue weighted by Gasteiger charge is 2.49. The summed E-state index contributed by atoms with van der Waals surface area (Å²) < 4.78 is 11.4. The number of aromatic hydroxyl groups is 1. The minimum atomic E-state index is -2.09. The molecule has 1 aliphatic rings. The number of benzene rings is 2. The van der Waals surface area contributed by atoms with Crippen LogP contribution in [0.5, 0.6) is 5.75 Å². The Morgan fingerprint density at radius 3 is 2.52 bits per heavy atom. The topological polar surface area (TPSA) is 99.4 Å². The number of phenols is 1. The average molecular weight is 423 g/mol. The third kappa shape index (κ3) is 5.09. The van der Waals surface area contributed by atoms with Gasteiger partial charge in [0.05, 0.1) is 24.9 Å². The molecule has 1 saturated heterocycles. The van der Waals surface area contributed by atoms with Crippen molar-refractivity contribution < 1.29 is 29.9 Å².